The van der Waals surface area contributed by atoms with Crippen LogP contribution >= 0.6 is 12.2 Å². The summed E-state index contributed by atoms with van der Waals surface area (Å²) >= 11 is 4.62. The number of nitrogens with zero attached hydrogens (tertiary/aromatic N) is 3. The van der Waals surface area contributed by atoms with Gasteiger partial charge in [-0.2, -0.15) is 5.10 Å². The maximum atomic E-state index is 14.7. The molecule has 5 nitrogen and oxygen atoms in total. The third-order valence-electron chi connectivity index (χ3n) is 4.72. The summed E-state index contributed by atoms with van der Waals surface area (Å²) in [5.41, 5.74) is 7.92. The number of nitrogens with one attached hydrogen (secondary N) is 1. The molecule has 1 aliphatic heterocycles. The largest absolute Gasteiger partial charge is 0.375 e. The molecule has 2 rings (SSSR count). The Bertz CT molecular complexity index is 693. The minimum atomic E-state index is -0.536. The van der Waals surface area contributed by atoms with Gasteiger partial charge in [-0.25, -0.2) is 8.78 Å². The Balaban J connectivity index is 2.21. The Morgan fingerprint density at radius 2 is 2.00 bits per heavy atom. The first-order chi connectivity index (χ1) is 12.7. The van der Waals surface area contributed by atoms with Gasteiger partial charge in [0.15, 0.2) is 5.11 Å². The van der Waals surface area contributed by atoms with Crippen molar-refractivity contribution in [3.63, 3.8) is 0 Å². The van der Waals surface area contributed by atoms with Gasteiger partial charge >= 0.3 is 0 Å². The van der Waals surface area contributed by atoms with Crippen molar-refractivity contribution in [2.24, 2.45) is 16.8 Å². The summed E-state index contributed by atoms with van der Waals surface area (Å²) < 4.78 is 29.1. The monoisotopic (exact) mass is 397 g/mol. The fraction of sp³-hybridized carbons (Fsp3) is 0.579. The molecule has 27 heavy (non-hydrogen) atoms. The topological polar surface area (TPSA) is 56.9 Å². The molecule has 1 heterocycles. The molecule has 3 N–H and O–H groups in total. The van der Waals surface area contributed by atoms with Gasteiger partial charge in [-0.3, -0.25) is 10.3 Å². The van der Waals surface area contributed by atoms with Gasteiger partial charge in [0.05, 0.1) is 11.9 Å². The number of hydrogen-bond donors (Lipinski definition) is 2. The third-order valence-corrected chi connectivity index (χ3v) is 4.81. The van der Waals surface area contributed by atoms with Gasteiger partial charge in [0.25, 0.3) is 0 Å². The number of thiocarbonyl (C=S) groups is 1. The number of hydrogen-bond acceptors (Lipinski definition) is 4. The van der Waals surface area contributed by atoms with Crippen molar-refractivity contribution in [3.05, 3.63) is 29.3 Å². The van der Waals surface area contributed by atoms with Gasteiger partial charge < -0.3 is 10.6 Å². The van der Waals surface area contributed by atoms with Crippen molar-refractivity contribution in [1.29, 1.82) is 0 Å². The van der Waals surface area contributed by atoms with E-state index in [0.717, 1.165) is 19.0 Å². The predicted molar refractivity (Wildman–Crippen MR) is 111 cm³/mol. The molecule has 1 fully saturated rings. The van der Waals surface area contributed by atoms with E-state index in [9.17, 15) is 8.78 Å². The molecule has 1 saturated heterocycles. The van der Waals surface area contributed by atoms with Gasteiger partial charge in [-0.05, 0) is 44.5 Å². The summed E-state index contributed by atoms with van der Waals surface area (Å²) in [5.74, 6) is -0.460. The number of piperazine rings is 1. The van der Waals surface area contributed by atoms with E-state index in [0.29, 0.717) is 36.8 Å². The van der Waals surface area contributed by atoms with Crippen LogP contribution in [0, 0.1) is 17.6 Å². The van der Waals surface area contributed by atoms with E-state index >= 15 is 0 Å². The quantitative estimate of drug-likeness (QED) is 0.439. The first kappa shape index (κ1) is 21.5. The van der Waals surface area contributed by atoms with E-state index in [1.807, 2.05) is 4.90 Å². The Morgan fingerprint density at radius 3 is 2.59 bits per heavy atom. The Morgan fingerprint density at radius 1 is 1.30 bits per heavy atom. The number of hydrazone groups is 1. The van der Waals surface area contributed by atoms with E-state index < -0.39 is 11.6 Å². The molecule has 0 unspecified atom stereocenters. The van der Waals surface area contributed by atoms with E-state index in [1.54, 1.807) is 0 Å². The van der Waals surface area contributed by atoms with Gasteiger partial charge in [0.2, 0.25) is 0 Å². The SMILES string of the molecule is CC(C)C[C@H]1CN(c2cc(F)c(/C=N/NC(N)=S)cc2F)CCN1C(C)C. The molecule has 0 aromatic heterocycles. The van der Waals surface area contributed by atoms with E-state index in [1.165, 1.54) is 12.3 Å². The van der Waals surface area contributed by atoms with Gasteiger partial charge in [0, 0.05) is 43.3 Å². The third kappa shape index (κ3) is 5.84. The lowest BCUT2D eigenvalue weighted by atomic mass is 9.98. The molecule has 150 valence electrons. The zero-order valence-corrected chi connectivity index (χ0v) is 17.2. The van der Waals surface area contributed by atoms with E-state index in [-0.39, 0.29) is 10.7 Å². The second-order valence-corrected chi connectivity index (χ2v) is 8.06. The summed E-state index contributed by atoms with van der Waals surface area (Å²) in [7, 11) is 0. The number of benzene rings is 1. The van der Waals surface area contributed by atoms with Crippen molar-refractivity contribution in [2.45, 2.75) is 46.2 Å². The Hall–Kier alpha value is -1.80. The minimum Gasteiger partial charge on any atom is -0.375 e. The van der Waals surface area contributed by atoms with Crippen LogP contribution in [-0.2, 0) is 0 Å². The van der Waals surface area contributed by atoms with E-state index in [2.05, 4.69) is 55.3 Å². The summed E-state index contributed by atoms with van der Waals surface area (Å²) in [5, 5.41) is 3.65. The van der Waals surface area contributed by atoms with Crippen molar-refractivity contribution >= 4 is 29.2 Å². The number of nitrogens with two attached hydrogens (primary N) is 1. The highest BCUT2D eigenvalue weighted by Crippen LogP contribution is 2.27. The van der Waals surface area contributed by atoms with Crippen LogP contribution in [0.5, 0.6) is 0 Å². The second-order valence-electron chi connectivity index (χ2n) is 7.62. The molecule has 1 aromatic rings. The zero-order chi connectivity index (χ0) is 20.1. The van der Waals surface area contributed by atoms with Crippen LogP contribution in [0.15, 0.2) is 17.2 Å². The molecule has 1 atom stereocenters. The molecule has 1 aromatic carbocycles. The molecule has 8 heteroatoms. The van der Waals surface area contributed by atoms with Gasteiger partial charge in [-0.1, -0.05) is 13.8 Å². The summed E-state index contributed by atoms with van der Waals surface area (Å²) in [6, 6.07) is 3.14. The van der Waals surface area contributed by atoms with Crippen molar-refractivity contribution in [2.75, 3.05) is 24.5 Å². The molecule has 0 spiro atoms. The number of rotatable bonds is 6. The van der Waals surface area contributed by atoms with Crippen molar-refractivity contribution < 1.29 is 8.78 Å². The number of anilines is 1. The summed E-state index contributed by atoms with van der Waals surface area (Å²) in [6.45, 7) is 10.9. The molecular weight excluding hydrogens is 368 g/mol. The van der Waals surface area contributed by atoms with Crippen LogP contribution in [0.2, 0.25) is 0 Å². The van der Waals surface area contributed by atoms with Crippen LogP contribution in [0.1, 0.15) is 39.7 Å². The smallest absolute Gasteiger partial charge is 0.184 e. The first-order valence-electron chi connectivity index (χ1n) is 9.27. The predicted octanol–water partition coefficient (Wildman–Crippen LogP) is 3.08. The minimum absolute atomic E-state index is 0.0389. The molecule has 0 bridgehead atoms. The van der Waals surface area contributed by atoms with E-state index in [4.69, 9.17) is 5.73 Å². The standard InChI is InChI=1S/C19H29F2N5S/c1-12(2)7-15-11-25(5-6-26(15)13(3)4)18-9-16(20)14(8-17(18)21)10-23-24-19(22)27/h8-10,12-13,15H,5-7,11H2,1-4H3,(H3,22,24,27)/b23-10+/t15-/m0/s1. The van der Waals surface area contributed by atoms with Crippen molar-refractivity contribution in [3.8, 4) is 0 Å². The lowest BCUT2D eigenvalue weighted by molar-refractivity contribution is 0.120. The summed E-state index contributed by atoms with van der Waals surface area (Å²) in [4.78, 5) is 4.39. The Kier molecular flexibility index (Phi) is 7.49. The van der Waals surface area contributed by atoms with Crippen molar-refractivity contribution in [1.82, 2.24) is 10.3 Å². The highest BCUT2D eigenvalue weighted by Gasteiger charge is 2.30. The molecule has 0 amide bonds. The van der Waals surface area contributed by atoms with Crippen LogP contribution in [-0.4, -0.2) is 47.9 Å². The molecule has 0 radical (unpaired) electrons. The number of halogens is 2. The lowest BCUT2D eigenvalue weighted by Gasteiger charge is -2.45. The molecule has 0 aliphatic carbocycles. The van der Waals surface area contributed by atoms with Crippen LogP contribution in [0.25, 0.3) is 0 Å². The van der Waals surface area contributed by atoms with Crippen LogP contribution < -0.4 is 16.1 Å². The normalized spacial score (nSPS) is 18.7. The molecule has 1 aliphatic rings. The van der Waals surface area contributed by atoms with Crippen LogP contribution in [0.3, 0.4) is 0 Å². The average molecular weight is 398 g/mol. The second kappa shape index (κ2) is 9.41. The van der Waals surface area contributed by atoms with Gasteiger partial charge in [-0.15, -0.1) is 0 Å². The highest BCUT2D eigenvalue weighted by atomic mass is 32.1. The summed E-state index contributed by atoms with van der Waals surface area (Å²) in [6.07, 6.45) is 2.19. The first-order valence-corrected chi connectivity index (χ1v) is 9.68. The lowest BCUT2D eigenvalue weighted by Crippen LogP contribution is -2.56. The Labute approximate surface area is 165 Å². The molecular formula is C19H29F2N5S. The maximum absolute atomic E-state index is 14.7. The van der Waals surface area contributed by atoms with Crippen LogP contribution in [0.4, 0.5) is 14.5 Å². The average Bonchev–Trinajstić information content (AvgIpc) is 2.56. The highest BCUT2D eigenvalue weighted by molar-refractivity contribution is 7.80. The fourth-order valence-electron chi connectivity index (χ4n) is 3.58. The zero-order valence-electron chi connectivity index (χ0n) is 16.4. The maximum Gasteiger partial charge on any atom is 0.184 e. The van der Waals surface area contributed by atoms with Gasteiger partial charge in [0.1, 0.15) is 11.6 Å². The fourth-order valence-corrected chi connectivity index (χ4v) is 3.63. The molecule has 0 saturated carbocycles.